The van der Waals surface area contributed by atoms with Crippen LogP contribution in [-0.4, -0.2) is 114 Å². The number of rotatable bonds is 8. The van der Waals surface area contributed by atoms with E-state index in [0.717, 1.165) is 21.9 Å². The van der Waals surface area contributed by atoms with Crippen LogP contribution < -0.4 is 27.0 Å². The number of nitrogens with zero attached hydrogens (tertiary/aromatic N) is 2. The third-order valence-corrected chi connectivity index (χ3v) is 11.9. The Morgan fingerprint density at radius 3 is 1.90 bits per heavy atom. The van der Waals surface area contributed by atoms with Crippen LogP contribution in [0.5, 0.6) is 0 Å². The van der Waals surface area contributed by atoms with Crippen LogP contribution >= 0.6 is 0 Å². The van der Waals surface area contributed by atoms with Gasteiger partial charge in [-0.15, -0.1) is 0 Å². The number of nitrogens with one attached hydrogen (secondary N) is 4. The quantitative estimate of drug-likeness (QED) is 0.240. The minimum atomic E-state index is -4.62. The lowest BCUT2D eigenvalue weighted by Crippen LogP contribution is -2.59. The van der Waals surface area contributed by atoms with Crippen molar-refractivity contribution in [3.8, 4) is 0 Å². The highest BCUT2D eigenvalue weighted by atomic mass is 19.4. The van der Waals surface area contributed by atoms with Crippen LogP contribution in [0.15, 0.2) is 35.9 Å². The Kier molecular flexibility index (Phi) is 20.8. The average molecular weight is 894 g/mol. The second-order valence-electron chi connectivity index (χ2n) is 17.5. The van der Waals surface area contributed by atoms with Gasteiger partial charge in [-0.1, -0.05) is 79.5 Å². The number of hydrogen-bond acceptors (Lipinski definition) is 9. The van der Waals surface area contributed by atoms with Gasteiger partial charge in [-0.25, -0.2) is 4.79 Å². The van der Waals surface area contributed by atoms with Crippen LogP contribution in [0.2, 0.25) is 0 Å². The number of hydrogen-bond donors (Lipinski definition) is 5. The Bertz CT molecular complexity index is 1790. The summed E-state index contributed by atoms with van der Waals surface area (Å²) < 4.78 is 45.9. The zero-order valence-corrected chi connectivity index (χ0v) is 38.9. The van der Waals surface area contributed by atoms with Gasteiger partial charge in [0.15, 0.2) is 6.10 Å². The van der Waals surface area contributed by atoms with E-state index >= 15 is 0 Å². The molecule has 2 unspecified atom stereocenters. The highest BCUT2D eigenvalue weighted by Crippen LogP contribution is 2.29. The van der Waals surface area contributed by atoms with Gasteiger partial charge >= 0.3 is 12.1 Å². The van der Waals surface area contributed by atoms with Gasteiger partial charge in [-0.2, -0.15) is 13.2 Å². The summed E-state index contributed by atoms with van der Waals surface area (Å²) >= 11 is 0. The first kappa shape index (κ1) is 54.1. The molecule has 0 spiro atoms. The van der Waals surface area contributed by atoms with Crippen molar-refractivity contribution in [2.24, 2.45) is 29.4 Å². The minimum Gasteiger partial charge on any atom is -0.449 e. The van der Waals surface area contributed by atoms with Crippen LogP contribution in [0.3, 0.4) is 0 Å². The molecule has 6 N–H and O–H groups in total. The summed E-state index contributed by atoms with van der Waals surface area (Å²) in [6, 6.07) is -1.72. The molecule has 354 valence electrons. The highest BCUT2D eigenvalue weighted by molar-refractivity contribution is 5.96. The molecule has 1 aromatic rings. The number of carbonyl (C=O) groups excluding carboxylic acids is 7. The van der Waals surface area contributed by atoms with Crippen molar-refractivity contribution in [3.05, 3.63) is 47.0 Å². The highest BCUT2D eigenvalue weighted by Gasteiger charge is 2.37. The average Bonchev–Trinajstić information content (AvgIpc) is 3.22. The number of nitrogens with two attached hydrogens (primary N) is 1. The van der Waals surface area contributed by atoms with Crippen molar-refractivity contribution >= 4 is 41.4 Å². The van der Waals surface area contributed by atoms with Crippen molar-refractivity contribution in [1.29, 1.82) is 0 Å². The maximum absolute atomic E-state index is 14.2. The first-order valence-electron chi connectivity index (χ1n) is 21.7. The largest absolute Gasteiger partial charge is 0.449 e. The van der Waals surface area contributed by atoms with E-state index in [-0.39, 0.29) is 48.2 Å². The number of halogens is 3. The lowest BCUT2D eigenvalue weighted by atomic mass is 9.83. The van der Waals surface area contributed by atoms with E-state index in [1.807, 2.05) is 41.5 Å². The number of amides is 6. The van der Waals surface area contributed by atoms with Gasteiger partial charge in [0, 0.05) is 38.2 Å². The van der Waals surface area contributed by atoms with Gasteiger partial charge in [0.1, 0.15) is 24.2 Å². The van der Waals surface area contributed by atoms with Crippen molar-refractivity contribution < 1.29 is 51.5 Å². The maximum atomic E-state index is 14.2. The molecule has 6 amide bonds. The summed E-state index contributed by atoms with van der Waals surface area (Å²) in [5.74, 6) is -5.81. The number of likely N-dealkylation sites (N-methyl/N-ethyl adjacent to an activating group) is 2. The van der Waals surface area contributed by atoms with Crippen LogP contribution in [-0.2, 0) is 50.9 Å². The van der Waals surface area contributed by atoms with Gasteiger partial charge in [0.25, 0.3) is 5.91 Å². The summed E-state index contributed by atoms with van der Waals surface area (Å²) in [5.41, 5.74) is 6.18. The molecule has 18 heteroatoms. The zero-order valence-electron chi connectivity index (χ0n) is 38.9. The molecule has 0 aromatic heterocycles. The van der Waals surface area contributed by atoms with Crippen LogP contribution in [0.4, 0.5) is 13.2 Å². The second-order valence-corrected chi connectivity index (χ2v) is 17.5. The molecule has 1 aliphatic heterocycles. The molecule has 10 atom stereocenters. The van der Waals surface area contributed by atoms with Crippen LogP contribution in [0.25, 0.3) is 0 Å². The fourth-order valence-electron chi connectivity index (χ4n) is 7.18. The molecule has 0 radical (unpaired) electrons. The Morgan fingerprint density at radius 1 is 0.794 bits per heavy atom. The van der Waals surface area contributed by atoms with E-state index in [0.29, 0.717) is 12.8 Å². The molecule has 2 rings (SSSR count). The van der Waals surface area contributed by atoms with Crippen molar-refractivity contribution in [3.63, 3.8) is 0 Å². The Balaban J connectivity index is 2.66. The number of esters is 1. The number of carbonyl (C=O) groups is 7. The third kappa shape index (κ3) is 15.9. The van der Waals surface area contributed by atoms with Crippen molar-refractivity contribution in [1.82, 2.24) is 31.1 Å². The molecule has 0 saturated carbocycles. The van der Waals surface area contributed by atoms with E-state index in [2.05, 4.69) is 21.3 Å². The molecule has 0 bridgehead atoms. The first-order chi connectivity index (χ1) is 29.2. The molecule has 1 aromatic carbocycles. The topological polar surface area (TPSA) is 209 Å². The van der Waals surface area contributed by atoms with E-state index in [9.17, 15) is 46.7 Å². The van der Waals surface area contributed by atoms with Crippen molar-refractivity contribution in [2.45, 2.75) is 150 Å². The molecule has 1 aliphatic rings. The van der Waals surface area contributed by atoms with E-state index in [1.54, 1.807) is 13.0 Å². The normalized spacial score (nSPS) is 28.3. The maximum Gasteiger partial charge on any atom is 0.416 e. The Hall–Kier alpha value is -5.00. The summed E-state index contributed by atoms with van der Waals surface area (Å²) in [7, 11) is 2.59. The molecule has 0 saturated heterocycles. The first-order valence-corrected chi connectivity index (χ1v) is 21.7. The van der Waals surface area contributed by atoms with Gasteiger partial charge in [-0.3, -0.25) is 28.8 Å². The Morgan fingerprint density at radius 2 is 1.37 bits per heavy atom. The molecule has 0 aliphatic carbocycles. The molecular formula is C45H70F3N7O8. The zero-order chi connectivity index (χ0) is 48.1. The molecule has 63 heavy (non-hydrogen) atoms. The van der Waals surface area contributed by atoms with Crippen molar-refractivity contribution in [2.75, 3.05) is 20.6 Å². The molecule has 0 fully saturated rings. The summed E-state index contributed by atoms with van der Waals surface area (Å²) in [6.07, 6.45) is -3.13. The predicted molar refractivity (Wildman–Crippen MR) is 232 cm³/mol. The number of alkyl halides is 3. The van der Waals surface area contributed by atoms with Gasteiger partial charge in [0.05, 0.1) is 12.1 Å². The summed E-state index contributed by atoms with van der Waals surface area (Å²) in [4.78, 5) is 98.2. The predicted octanol–water partition coefficient (Wildman–Crippen LogP) is 3.88. The van der Waals surface area contributed by atoms with E-state index in [4.69, 9.17) is 10.5 Å². The van der Waals surface area contributed by atoms with Crippen LogP contribution in [0, 0.1) is 23.7 Å². The lowest BCUT2D eigenvalue weighted by Gasteiger charge is -2.34. The summed E-state index contributed by atoms with van der Waals surface area (Å²) in [5, 5.41) is 11.0. The van der Waals surface area contributed by atoms with Gasteiger partial charge < -0.3 is 41.5 Å². The lowest BCUT2D eigenvalue weighted by molar-refractivity contribution is -0.154. The second kappa shape index (κ2) is 24.2. The molecular weight excluding hydrogens is 824 g/mol. The van der Waals surface area contributed by atoms with Crippen LogP contribution in [0.1, 0.15) is 106 Å². The monoisotopic (exact) mass is 894 g/mol. The van der Waals surface area contributed by atoms with Gasteiger partial charge in [-0.05, 0) is 75.0 Å². The SMILES string of the molecule is CCC(C)C1NC(=O)CN(C)C(=O)[C@@H](Cc2ccc(C(F)(F)F)cc2)N(C)C(=O)[C@H](C)NC(=O)[C@@H](CC(C)C)OC(=O)/C(C)=C/C[C@H](N)[C@H](C)[C@@H]([C@@H](C)CC)NC(=O)[C@@H](C)NC1=O. The molecule has 1 heterocycles. The number of ether oxygens (including phenoxy) is 1. The fraction of sp³-hybridized carbons (Fsp3) is 0.667. The smallest absolute Gasteiger partial charge is 0.416 e. The Labute approximate surface area is 370 Å². The summed E-state index contributed by atoms with van der Waals surface area (Å²) in [6.45, 7) is 16.9. The van der Waals surface area contributed by atoms with Gasteiger partial charge in [0.2, 0.25) is 29.5 Å². The fourth-order valence-corrected chi connectivity index (χ4v) is 7.18. The molecule has 15 nitrogen and oxygen atoms in total. The van der Waals surface area contributed by atoms with E-state index < -0.39 is 108 Å². The third-order valence-electron chi connectivity index (χ3n) is 11.9. The number of cyclic esters (lactones) is 1. The minimum absolute atomic E-state index is 0.0365. The number of benzene rings is 1. The standard InChI is InChI=1S/C45H70F3N7O8/c1-13-25(5)37-28(8)33(49)20-15-27(7)44(62)63-35(21-24(3)4)40(58)51-30(10)42(60)55(12)34(22-31-16-18-32(19-17-31)45(46,47)48)43(61)54(11)23-36(56)52-38(26(6)14-2)41(59)50-29(9)39(57)53-37/h15-19,24-26,28-30,33-35,37-38H,13-14,20-23,49H2,1-12H3,(H,50,59)(H,51,58)(H,52,56)(H,53,57)/b27-15+/t25-,26?,28-,29+,30-,33-,34+,35+,37+,38?/m0/s1. The van der Waals surface area contributed by atoms with E-state index in [1.165, 1.54) is 47.0 Å².